The first-order valence-electron chi connectivity index (χ1n) is 2.82. The van der Waals surface area contributed by atoms with E-state index in [0.717, 1.165) is 14.4 Å². The molecule has 0 nitrogen and oxygen atoms in total. The van der Waals surface area contributed by atoms with Gasteiger partial charge in [0, 0.05) is 0 Å². The van der Waals surface area contributed by atoms with Crippen molar-refractivity contribution in [1.82, 2.24) is 0 Å². The maximum atomic E-state index is 12.8. The van der Waals surface area contributed by atoms with Crippen molar-refractivity contribution in [3.05, 3.63) is 28.0 Å². The van der Waals surface area contributed by atoms with Crippen LogP contribution in [-0.2, 0) is 0 Å². The third-order valence-electron chi connectivity index (χ3n) is 1.35. The first kappa shape index (κ1) is 8.29. The third kappa shape index (κ3) is 1.61. The Kier molecular flexibility index (Phi) is 2.54. The summed E-state index contributed by atoms with van der Waals surface area (Å²) in [4.78, 5) is 0. The van der Waals surface area contributed by atoms with Crippen LogP contribution < -0.4 is 4.35 Å². The van der Waals surface area contributed by atoms with Gasteiger partial charge in [0.2, 0.25) is 0 Å². The topological polar surface area (TPSA) is 0 Å². The normalized spacial score (nSPS) is 10.0. The average molecular weight is 265 g/mol. The van der Waals surface area contributed by atoms with Crippen LogP contribution in [0.15, 0.2) is 16.6 Å². The molecule has 0 bridgehead atoms. The van der Waals surface area contributed by atoms with Crippen LogP contribution >= 0.6 is 15.9 Å². The summed E-state index contributed by atoms with van der Waals surface area (Å²) >= 11 is 4.66. The van der Waals surface area contributed by atoms with Gasteiger partial charge in [-0.05, 0) is 0 Å². The van der Waals surface area contributed by atoms with Crippen LogP contribution in [0.4, 0.5) is 4.39 Å². The van der Waals surface area contributed by atoms with E-state index in [0.29, 0.717) is 0 Å². The maximum absolute atomic E-state index is 12.8. The van der Waals surface area contributed by atoms with Gasteiger partial charge < -0.3 is 0 Å². The quantitative estimate of drug-likeness (QED) is 0.617. The molecule has 3 heteroatoms. The standard InChI is InChI=1S/C7H7AsBrF/c1-4-6(8)2-5(9)3-7(4)10/h2-3H,8H2,1H3. The summed E-state index contributed by atoms with van der Waals surface area (Å²) in [5.41, 5.74) is 0.753. The number of benzene rings is 1. The number of hydrogen-bond donors (Lipinski definition) is 0. The van der Waals surface area contributed by atoms with Gasteiger partial charge in [-0.1, -0.05) is 0 Å². The molecule has 10 heavy (non-hydrogen) atoms. The second-order valence-corrected chi connectivity index (χ2v) is 4.32. The molecule has 1 rings (SSSR count). The van der Waals surface area contributed by atoms with Crippen LogP contribution in [0.2, 0.25) is 0 Å². The Bertz CT molecular complexity index is 237. The summed E-state index contributed by atoms with van der Waals surface area (Å²) in [6.45, 7) is 1.79. The molecule has 0 aliphatic carbocycles. The summed E-state index contributed by atoms with van der Waals surface area (Å²) in [5.74, 6) is -0.131. The third-order valence-corrected chi connectivity index (χ3v) is 3.07. The predicted molar refractivity (Wildman–Crippen MR) is 47.0 cm³/mol. The zero-order valence-corrected chi connectivity index (χ0v) is 9.50. The Hall–Kier alpha value is 0.188. The monoisotopic (exact) mass is 264 g/mol. The zero-order valence-electron chi connectivity index (χ0n) is 5.49. The van der Waals surface area contributed by atoms with Crippen LogP contribution in [0.1, 0.15) is 5.56 Å². The van der Waals surface area contributed by atoms with Crippen LogP contribution in [0.25, 0.3) is 0 Å². The summed E-state index contributed by atoms with van der Waals surface area (Å²) < 4.78 is 14.7. The van der Waals surface area contributed by atoms with Crippen molar-refractivity contribution in [2.45, 2.75) is 6.92 Å². The molecule has 0 saturated carbocycles. The molecular formula is C7H7AsBrF. The minimum atomic E-state index is -0.131. The van der Waals surface area contributed by atoms with Crippen molar-refractivity contribution in [2.75, 3.05) is 0 Å². The van der Waals surface area contributed by atoms with Crippen molar-refractivity contribution in [1.29, 1.82) is 0 Å². The van der Waals surface area contributed by atoms with Crippen molar-refractivity contribution >= 4 is 37.1 Å². The van der Waals surface area contributed by atoms with Crippen LogP contribution in [0.5, 0.6) is 0 Å². The summed E-state index contributed by atoms with van der Waals surface area (Å²) in [7, 11) is 0. The van der Waals surface area contributed by atoms with E-state index in [9.17, 15) is 4.39 Å². The molecule has 0 aliphatic heterocycles. The van der Waals surface area contributed by atoms with Gasteiger partial charge in [-0.25, -0.2) is 0 Å². The van der Waals surface area contributed by atoms with Crippen molar-refractivity contribution in [2.24, 2.45) is 0 Å². The molecule has 0 aliphatic rings. The molecule has 0 N–H and O–H groups in total. The van der Waals surface area contributed by atoms with E-state index in [4.69, 9.17) is 0 Å². The van der Waals surface area contributed by atoms with Crippen molar-refractivity contribution in [3.8, 4) is 0 Å². The molecule has 0 fully saturated rings. The fourth-order valence-corrected chi connectivity index (χ4v) is 2.29. The second-order valence-electron chi connectivity index (χ2n) is 2.10. The Morgan fingerprint density at radius 3 is 2.60 bits per heavy atom. The van der Waals surface area contributed by atoms with Gasteiger partial charge in [0.05, 0.1) is 0 Å². The first-order valence-corrected chi connectivity index (χ1v) is 4.83. The van der Waals surface area contributed by atoms with Gasteiger partial charge in [-0.3, -0.25) is 0 Å². The van der Waals surface area contributed by atoms with E-state index >= 15 is 0 Å². The van der Waals surface area contributed by atoms with E-state index < -0.39 is 0 Å². The molecule has 1 aromatic carbocycles. The molecule has 0 spiro atoms. The fraction of sp³-hybridized carbons (Fsp3) is 0.143. The fourth-order valence-electron chi connectivity index (χ4n) is 0.666. The van der Waals surface area contributed by atoms with Crippen molar-refractivity contribution < 1.29 is 4.39 Å². The van der Waals surface area contributed by atoms with Crippen LogP contribution in [0.3, 0.4) is 0 Å². The van der Waals surface area contributed by atoms with Gasteiger partial charge in [-0.15, -0.1) is 0 Å². The van der Waals surface area contributed by atoms with Crippen LogP contribution in [-0.4, -0.2) is 16.9 Å². The second kappa shape index (κ2) is 3.06. The Morgan fingerprint density at radius 2 is 2.10 bits per heavy atom. The van der Waals surface area contributed by atoms with Gasteiger partial charge in [0.25, 0.3) is 0 Å². The first-order chi connectivity index (χ1) is 4.61. The molecule has 0 aromatic heterocycles. The zero-order chi connectivity index (χ0) is 7.72. The Labute approximate surface area is 76.4 Å². The summed E-state index contributed by atoms with van der Waals surface area (Å²) in [6, 6.07) is 3.41. The molecule has 54 valence electrons. The Morgan fingerprint density at radius 1 is 1.50 bits per heavy atom. The molecule has 1 aromatic rings. The molecule has 0 heterocycles. The number of rotatable bonds is 0. The van der Waals surface area contributed by atoms with Gasteiger partial charge in [-0.2, -0.15) is 0 Å². The average Bonchev–Trinajstić information content (AvgIpc) is 1.82. The SMILES string of the molecule is Cc1c(F)cc(Br)cc1[AsH2]. The van der Waals surface area contributed by atoms with E-state index in [1.54, 1.807) is 6.92 Å². The van der Waals surface area contributed by atoms with Gasteiger partial charge >= 0.3 is 76.4 Å². The molecule has 1 atom stereocenters. The summed E-state index contributed by atoms with van der Waals surface area (Å²) in [5, 5.41) is 0. The van der Waals surface area contributed by atoms with Crippen LogP contribution in [0, 0.1) is 12.7 Å². The van der Waals surface area contributed by atoms with E-state index in [-0.39, 0.29) is 5.82 Å². The van der Waals surface area contributed by atoms with Crippen molar-refractivity contribution in [3.63, 3.8) is 0 Å². The van der Waals surface area contributed by atoms with E-state index in [1.807, 2.05) is 6.07 Å². The Balaban J connectivity index is 3.31. The molecule has 1 unspecified atom stereocenters. The van der Waals surface area contributed by atoms with E-state index in [1.165, 1.54) is 22.9 Å². The minimum absolute atomic E-state index is 0.131. The molecular weight excluding hydrogens is 258 g/mol. The predicted octanol–water partition coefficient (Wildman–Crippen LogP) is 1.16. The van der Waals surface area contributed by atoms with Gasteiger partial charge in [0.1, 0.15) is 0 Å². The summed E-state index contributed by atoms with van der Waals surface area (Å²) in [6.07, 6.45) is 0. The molecule has 0 amide bonds. The number of hydrogen-bond acceptors (Lipinski definition) is 0. The number of halogens is 2. The van der Waals surface area contributed by atoms with E-state index in [2.05, 4.69) is 15.9 Å². The molecule has 0 saturated heterocycles. The molecule has 0 radical (unpaired) electrons. The van der Waals surface area contributed by atoms with Gasteiger partial charge in [0.15, 0.2) is 0 Å².